The molecule has 1 saturated carbocycles. The summed E-state index contributed by atoms with van der Waals surface area (Å²) in [6.45, 7) is 0.213. The van der Waals surface area contributed by atoms with Crippen LogP contribution in [0.15, 0.2) is 22.7 Å². The lowest BCUT2D eigenvalue weighted by atomic mass is 9.88. The average Bonchev–Trinajstić information content (AvgIpc) is 2.41. The summed E-state index contributed by atoms with van der Waals surface area (Å²) < 4.78 is 6.41. The number of halogens is 1. The van der Waals surface area contributed by atoms with E-state index in [0.29, 0.717) is 16.1 Å². The maximum atomic E-state index is 11.0. The van der Waals surface area contributed by atoms with Gasteiger partial charge in [-0.1, -0.05) is 15.9 Å². The third-order valence-corrected chi connectivity index (χ3v) is 3.96. The summed E-state index contributed by atoms with van der Waals surface area (Å²) in [6.07, 6.45) is 3.48. The van der Waals surface area contributed by atoms with Gasteiger partial charge in [-0.25, -0.2) is 0 Å². The monoisotopic (exact) mass is 329 g/mol. The molecule has 0 heterocycles. The van der Waals surface area contributed by atoms with Gasteiger partial charge in [-0.3, -0.25) is 10.1 Å². The van der Waals surface area contributed by atoms with E-state index in [-0.39, 0.29) is 18.4 Å². The van der Waals surface area contributed by atoms with Crippen LogP contribution in [0.2, 0.25) is 0 Å². The molecule has 1 N–H and O–H groups in total. The maximum absolute atomic E-state index is 11.0. The fraction of sp³-hybridized carbons (Fsp3) is 0.538. The first-order valence-corrected chi connectivity index (χ1v) is 7.11. The number of nitro groups is 1. The van der Waals surface area contributed by atoms with Crippen molar-refractivity contribution in [2.75, 3.05) is 6.61 Å². The lowest BCUT2D eigenvalue weighted by molar-refractivity contribution is -0.386. The summed E-state index contributed by atoms with van der Waals surface area (Å²) in [6, 6.07) is 4.82. The van der Waals surface area contributed by atoms with Gasteiger partial charge >= 0.3 is 5.69 Å². The third kappa shape index (κ3) is 3.67. The number of nitro benzene ring substituents is 1. The average molecular weight is 330 g/mol. The van der Waals surface area contributed by atoms with E-state index in [9.17, 15) is 10.1 Å². The summed E-state index contributed by atoms with van der Waals surface area (Å²) in [7, 11) is 0. The van der Waals surface area contributed by atoms with E-state index in [2.05, 4.69) is 15.9 Å². The second-order valence-corrected chi connectivity index (χ2v) is 5.73. The molecule has 19 heavy (non-hydrogen) atoms. The molecule has 1 aliphatic rings. The predicted octanol–water partition coefficient (Wildman–Crippen LogP) is 3.29. The van der Waals surface area contributed by atoms with Crippen LogP contribution < -0.4 is 4.74 Å². The molecule has 0 atom stereocenters. The highest BCUT2D eigenvalue weighted by molar-refractivity contribution is 9.10. The number of nitrogens with zero attached hydrogens (tertiary/aromatic N) is 1. The van der Waals surface area contributed by atoms with E-state index in [1.165, 1.54) is 6.07 Å². The van der Waals surface area contributed by atoms with Crippen LogP contribution in [0.1, 0.15) is 25.7 Å². The van der Waals surface area contributed by atoms with Crippen molar-refractivity contribution >= 4 is 21.6 Å². The second kappa shape index (κ2) is 6.34. The van der Waals surface area contributed by atoms with Crippen molar-refractivity contribution in [2.45, 2.75) is 31.8 Å². The van der Waals surface area contributed by atoms with Gasteiger partial charge in [0.2, 0.25) is 0 Å². The quantitative estimate of drug-likeness (QED) is 0.679. The maximum Gasteiger partial charge on any atom is 0.312 e. The second-order valence-electron chi connectivity index (χ2n) is 4.81. The molecule has 1 aromatic rings. The Hall–Kier alpha value is -1.14. The first-order valence-electron chi connectivity index (χ1n) is 6.31. The zero-order chi connectivity index (χ0) is 13.8. The van der Waals surface area contributed by atoms with Gasteiger partial charge in [0.15, 0.2) is 5.75 Å². The largest absolute Gasteiger partial charge is 0.484 e. The number of ether oxygens (including phenoxy) is 1. The molecule has 1 aromatic carbocycles. The minimum Gasteiger partial charge on any atom is -0.484 e. The van der Waals surface area contributed by atoms with Crippen molar-refractivity contribution in [3.8, 4) is 5.75 Å². The van der Waals surface area contributed by atoms with Gasteiger partial charge in [0, 0.05) is 17.1 Å². The van der Waals surface area contributed by atoms with Crippen molar-refractivity contribution < 1.29 is 14.8 Å². The molecule has 0 spiro atoms. The minimum atomic E-state index is -0.431. The molecule has 0 saturated heterocycles. The summed E-state index contributed by atoms with van der Waals surface area (Å²) >= 11 is 3.22. The van der Waals surface area contributed by atoms with Gasteiger partial charge in [0.05, 0.1) is 11.0 Å². The number of hydrogen-bond donors (Lipinski definition) is 1. The summed E-state index contributed by atoms with van der Waals surface area (Å²) in [5, 5.41) is 20.1. The molecular formula is C13H16BrNO4. The zero-order valence-electron chi connectivity index (χ0n) is 10.4. The molecule has 1 aliphatic carbocycles. The standard InChI is InChI=1S/C13H16BrNO4/c14-10-3-6-13(12(7-10)15(17)18)19-11-4-1-9(8-16)2-5-11/h3,6-7,9,11,16H,1-2,4-5,8H2. The third-order valence-electron chi connectivity index (χ3n) is 3.46. The summed E-state index contributed by atoms with van der Waals surface area (Å²) in [4.78, 5) is 10.6. The van der Waals surface area contributed by atoms with E-state index in [4.69, 9.17) is 9.84 Å². The molecule has 0 radical (unpaired) electrons. The molecule has 1 fully saturated rings. The van der Waals surface area contributed by atoms with Crippen molar-refractivity contribution in [1.29, 1.82) is 0 Å². The topological polar surface area (TPSA) is 72.6 Å². The Morgan fingerprint density at radius 2 is 2.05 bits per heavy atom. The van der Waals surface area contributed by atoms with E-state index in [1.807, 2.05) is 0 Å². The van der Waals surface area contributed by atoms with Crippen LogP contribution >= 0.6 is 15.9 Å². The number of benzene rings is 1. The molecule has 6 heteroatoms. The van der Waals surface area contributed by atoms with Crippen LogP contribution in [-0.2, 0) is 0 Å². The van der Waals surface area contributed by atoms with Crippen molar-refractivity contribution in [3.63, 3.8) is 0 Å². The van der Waals surface area contributed by atoms with E-state index < -0.39 is 4.92 Å². The van der Waals surface area contributed by atoms with Crippen LogP contribution in [0.5, 0.6) is 5.75 Å². The molecule has 0 aliphatic heterocycles. The summed E-state index contributed by atoms with van der Waals surface area (Å²) in [5.41, 5.74) is -0.0151. The van der Waals surface area contributed by atoms with E-state index in [0.717, 1.165) is 25.7 Å². The minimum absolute atomic E-state index is 0.00248. The molecule has 5 nitrogen and oxygen atoms in total. The van der Waals surface area contributed by atoms with Gasteiger partial charge in [-0.2, -0.15) is 0 Å². The van der Waals surface area contributed by atoms with Crippen molar-refractivity contribution in [3.05, 3.63) is 32.8 Å². The van der Waals surface area contributed by atoms with E-state index >= 15 is 0 Å². The number of aliphatic hydroxyl groups excluding tert-OH is 1. The van der Waals surface area contributed by atoms with Gasteiger partial charge in [-0.05, 0) is 43.7 Å². The van der Waals surface area contributed by atoms with Gasteiger partial charge in [0.1, 0.15) is 0 Å². The Balaban J connectivity index is 2.05. The van der Waals surface area contributed by atoms with Crippen molar-refractivity contribution in [1.82, 2.24) is 0 Å². The van der Waals surface area contributed by atoms with Crippen LogP contribution in [0.3, 0.4) is 0 Å². The number of rotatable bonds is 4. The van der Waals surface area contributed by atoms with E-state index in [1.54, 1.807) is 12.1 Å². The molecule has 0 bridgehead atoms. The van der Waals surface area contributed by atoms with Crippen LogP contribution in [0, 0.1) is 16.0 Å². The molecule has 104 valence electrons. The lowest BCUT2D eigenvalue weighted by Gasteiger charge is -2.27. The first kappa shape index (κ1) is 14.3. The normalized spacial score (nSPS) is 23.1. The zero-order valence-corrected chi connectivity index (χ0v) is 12.0. The van der Waals surface area contributed by atoms with Crippen LogP contribution in [-0.4, -0.2) is 22.7 Å². The Bertz CT molecular complexity index is 458. The number of hydrogen-bond acceptors (Lipinski definition) is 4. The predicted molar refractivity (Wildman–Crippen MR) is 74.3 cm³/mol. The van der Waals surface area contributed by atoms with Gasteiger partial charge in [0.25, 0.3) is 0 Å². The number of aliphatic hydroxyl groups is 1. The Morgan fingerprint density at radius 3 is 2.63 bits per heavy atom. The molecular weight excluding hydrogens is 314 g/mol. The molecule has 0 amide bonds. The molecule has 0 unspecified atom stereocenters. The molecule has 2 rings (SSSR count). The van der Waals surface area contributed by atoms with Crippen LogP contribution in [0.25, 0.3) is 0 Å². The van der Waals surface area contributed by atoms with Crippen LogP contribution in [0.4, 0.5) is 5.69 Å². The summed E-state index contributed by atoms with van der Waals surface area (Å²) in [5.74, 6) is 0.667. The Morgan fingerprint density at radius 1 is 1.37 bits per heavy atom. The highest BCUT2D eigenvalue weighted by Gasteiger charge is 2.24. The fourth-order valence-corrected chi connectivity index (χ4v) is 2.69. The smallest absolute Gasteiger partial charge is 0.312 e. The van der Waals surface area contributed by atoms with Gasteiger partial charge in [-0.15, -0.1) is 0 Å². The highest BCUT2D eigenvalue weighted by atomic mass is 79.9. The Kier molecular flexibility index (Phi) is 4.76. The lowest BCUT2D eigenvalue weighted by Crippen LogP contribution is -2.25. The SMILES string of the molecule is O=[N+]([O-])c1cc(Br)ccc1OC1CCC(CO)CC1. The Labute approximate surface area is 119 Å². The van der Waals surface area contributed by atoms with Gasteiger partial charge < -0.3 is 9.84 Å². The van der Waals surface area contributed by atoms with Crippen molar-refractivity contribution in [2.24, 2.45) is 5.92 Å². The first-order chi connectivity index (χ1) is 9.10. The fourth-order valence-electron chi connectivity index (χ4n) is 2.34. The molecule has 0 aromatic heterocycles. The highest BCUT2D eigenvalue weighted by Crippen LogP contribution is 2.34.